The van der Waals surface area contributed by atoms with Crippen molar-refractivity contribution < 1.29 is 19.4 Å². The summed E-state index contributed by atoms with van der Waals surface area (Å²) in [4.78, 5) is 27.6. The molecule has 0 aliphatic carbocycles. The second kappa shape index (κ2) is 9.92. The van der Waals surface area contributed by atoms with Gasteiger partial charge in [0.15, 0.2) is 0 Å². The Kier molecular flexibility index (Phi) is 7.01. The molecule has 166 valence electrons. The standard InChI is InChI=1S/C23H20Cl2N2O4S/c24-15-8-9-17(18(25)11-15)21(28)27(16-7-4-10-26-13-16)19-12-20(14-5-2-1-3-6-14)32-22(19)31-23(29)30/h1-3,5-6,8-9,11-12,16,26H,4,7,10,13H2,(H,29,30). The van der Waals surface area contributed by atoms with Crippen molar-refractivity contribution in [3.63, 3.8) is 0 Å². The number of amides is 1. The topological polar surface area (TPSA) is 78.9 Å². The monoisotopic (exact) mass is 490 g/mol. The van der Waals surface area contributed by atoms with Gasteiger partial charge in [0.25, 0.3) is 5.91 Å². The zero-order valence-electron chi connectivity index (χ0n) is 16.9. The molecule has 4 rings (SSSR count). The number of hydrogen-bond donors (Lipinski definition) is 2. The predicted molar refractivity (Wildman–Crippen MR) is 128 cm³/mol. The highest BCUT2D eigenvalue weighted by Gasteiger charge is 2.33. The highest BCUT2D eigenvalue weighted by molar-refractivity contribution is 7.18. The van der Waals surface area contributed by atoms with Crippen LogP contribution in [0.5, 0.6) is 5.06 Å². The van der Waals surface area contributed by atoms with E-state index in [1.54, 1.807) is 23.1 Å². The number of hydrogen-bond acceptors (Lipinski definition) is 5. The maximum Gasteiger partial charge on any atom is 0.512 e. The molecule has 1 atom stereocenters. The number of halogens is 2. The van der Waals surface area contributed by atoms with Crippen LogP contribution in [0.2, 0.25) is 10.0 Å². The van der Waals surface area contributed by atoms with E-state index in [4.69, 9.17) is 27.9 Å². The first-order valence-corrected chi connectivity index (χ1v) is 11.6. The quantitative estimate of drug-likeness (QED) is 0.417. The van der Waals surface area contributed by atoms with Crippen LogP contribution in [0.4, 0.5) is 10.5 Å². The molecule has 0 saturated carbocycles. The number of carbonyl (C=O) groups excluding carboxylic acids is 1. The smallest absolute Gasteiger partial charge is 0.449 e. The molecule has 1 unspecified atom stereocenters. The highest BCUT2D eigenvalue weighted by Crippen LogP contribution is 2.45. The minimum Gasteiger partial charge on any atom is -0.449 e. The van der Waals surface area contributed by atoms with E-state index in [1.807, 2.05) is 30.3 Å². The molecule has 1 fully saturated rings. The molecule has 1 aliphatic rings. The third kappa shape index (κ3) is 4.91. The maximum absolute atomic E-state index is 13.7. The van der Waals surface area contributed by atoms with Crippen molar-refractivity contribution in [1.29, 1.82) is 0 Å². The van der Waals surface area contributed by atoms with Gasteiger partial charge in [-0.15, -0.1) is 0 Å². The van der Waals surface area contributed by atoms with Crippen LogP contribution in [0.1, 0.15) is 23.2 Å². The van der Waals surface area contributed by atoms with Gasteiger partial charge in [0.05, 0.1) is 16.3 Å². The number of nitrogens with zero attached hydrogens (tertiary/aromatic N) is 1. The molecule has 3 aromatic rings. The number of piperidine rings is 1. The third-order valence-electron chi connectivity index (χ3n) is 5.19. The van der Waals surface area contributed by atoms with E-state index >= 15 is 0 Å². The van der Waals surface area contributed by atoms with Crippen molar-refractivity contribution in [3.05, 3.63) is 70.2 Å². The SMILES string of the molecule is O=C(O)Oc1sc(-c2ccccc2)cc1N(C(=O)c1ccc(Cl)cc1Cl)C1CCCNC1. The van der Waals surface area contributed by atoms with Crippen LogP contribution in [0, 0.1) is 0 Å². The molecule has 9 heteroatoms. The van der Waals surface area contributed by atoms with Crippen LogP contribution >= 0.6 is 34.5 Å². The molecule has 6 nitrogen and oxygen atoms in total. The van der Waals surface area contributed by atoms with Crippen molar-refractivity contribution in [2.24, 2.45) is 0 Å². The van der Waals surface area contributed by atoms with Gasteiger partial charge >= 0.3 is 6.16 Å². The number of anilines is 1. The molecule has 2 aromatic carbocycles. The van der Waals surface area contributed by atoms with E-state index < -0.39 is 6.16 Å². The van der Waals surface area contributed by atoms with Crippen molar-refractivity contribution >= 4 is 52.3 Å². The molecule has 0 bridgehead atoms. The maximum atomic E-state index is 13.7. The van der Waals surface area contributed by atoms with Crippen LogP contribution in [-0.4, -0.2) is 36.3 Å². The first kappa shape index (κ1) is 22.6. The van der Waals surface area contributed by atoms with Gasteiger partial charge in [0.2, 0.25) is 5.06 Å². The van der Waals surface area contributed by atoms with Crippen molar-refractivity contribution in [2.45, 2.75) is 18.9 Å². The van der Waals surface area contributed by atoms with Crippen LogP contribution < -0.4 is 15.0 Å². The summed E-state index contributed by atoms with van der Waals surface area (Å²) in [6.07, 6.45) is 0.201. The lowest BCUT2D eigenvalue weighted by Gasteiger charge is -2.34. The van der Waals surface area contributed by atoms with Crippen molar-refractivity contribution in [2.75, 3.05) is 18.0 Å². The van der Waals surface area contributed by atoms with E-state index in [9.17, 15) is 14.7 Å². The molecule has 32 heavy (non-hydrogen) atoms. The summed E-state index contributed by atoms with van der Waals surface area (Å²) >= 11 is 13.5. The van der Waals surface area contributed by atoms with Crippen molar-refractivity contribution in [1.82, 2.24) is 5.32 Å². The molecule has 1 saturated heterocycles. The average Bonchev–Trinajstić information content (AvgIpc) is 3.18. The molecular formula is C23H20Cl2N2O4S. The lowest BCUT2D eigenvalue weighted by Crippen LogP contribution is -2.49. The fraction of sp³-hybridized carbons (Fsp3) is 0.217. The van der Waals surface area contributed by atoms with Crippen LogP contribution in [0.25, 0.3) is 10.4 Å². The van der Waals surface area contributed by atoms with Gasteiger partial charge < -0.3 is 15.2 Å². The second-order valence-electron chi connectivity index (χ2n) is 7.32. The average molecular weight is 491 g/mol. The van der Waals surface area contributed by atoms with Crippen LogP contribution in [0.3, 0.4) is 0 Å². The molecule has 1 aromatic heterocycles. The molecule has 0 radical (unpaired) electrons. The van der Waals surface area contributed by atoms with Gasteiger partial charge in [-0.3, -0.25) is 9.69 Å². The number of ether oxygens (including phenoxy) is 1. The summed E-state index contributed by atoms with van der Waals surface area (Å²) in [5, 5.41) is 13.4. The Balaban J connectivity index is 1.83. The number of thiophene rings is 1. The van der Waals surface area contributed by atoms with Gasteiger partial charge in [-0.2, -0.15) is 0 Å². The van der Waals surface area contributed by atoms with Crippen molar-refractivity contribution in [3.8, 4) is 15.5 Å². The predicted octanol–water partition coefficient (Wildman–Crippen LogP) is 6.18. The Morgan fingerprint density at radius 2 is 1.91 bits per heavy atom. The number of nitrogens with one attached hydrogen (secondary N) is 1. The first-order chi connectivity index (χ1) is 15.4. The van der Waals surface area contributed by atoms with Gasteiger partial charge in [0, 0.05) is 22.5 Å². The Labute approximate surface area is 199 Å². The number of carbonyl (C=O) groups is 2. The minimum atomic E-state index is -1.44. The summed E-state index contributed by atoms with van der Waals surface area (Å²) in [5.41, 5.74) is 1.59. The lowest BCUT2D eigenvalue weighted by atomic mass is 10.0. The largest absolute Gasteiger partial charge is 0.512 e. The molecule has 2 heterocycles. The van der Waals surface area contributed by atoms with Gasteiger partial charge in [-0.1, -0.05) is 64.9 Å². The second-order valence-corrected chi connectivity index (χ2v) is 9.18. The molecule has 1 aliphatic heterocycles. The summed E-state index contributed by atoms with van der Waals surface area (Å²) in [6, 6.07) is 15.8. The fourth-order valence-electron chi connectivity index (χ4n) is 3.75. The van der Waals surface area contributed by atoms with Gasteiger partial charge in [-0.25, -0.2) is 4.79 Å². The van der Waals surface area contributed by atoms with E-state index in [-0.39, 0.29) is 27.6 Å². The summed E-state index contributed by atoms with van der Waals surface area (Å²) in [6.45, 7) is 1.43. The summed E-state index contributed by atoms with van der Waals surface area (Å²) < 4.78 is 5.12. The molecule has 1 amide bonds. The number of benzene rings is 2. The van der Waals surface area contributed by atoms with Crippen LogP contribution in [-0.2, 0) is 0 Å². The Bertz CT molecular complexity index is 1130. The van der Waals surface area contributed by atoms with Gasteiger partial charge in [0.1, 0.15) is 0 Å². The Morgan fingerprint density at radius 1 is 1.12 bits per heavy atom. The minimum absolute atomic E-state index is 0.139. The number of carboxylic acid groups (broad SMARTS) is 1. The zero-order chi connectivity index (χ0) is 22.7. The lowest BCUT2D eigenvalue weighted by molar-refractivity contribution is 0.0970. The number of rotatable bonds is 5. The van der Waals surface area contributed by atoms with E-state index in [0.29, 0.717) is 17.3 Å². The Hall–Kier alpha value is -2.58. The normalized spacial score (nSPS) is 15.9. The molecular weight excluding hydrogens is 471 g/mol. The fourth-order valence-corrected chi connectivity index (χ4v) is 5.24. The first-order valence-electron chi connectivity index (χ1n) is 10.0. The highest BCUT2D eigenvalue weighted by atomic mass is 35.5. The van der Waals surface area contributed by atoms with Gasteiger partial charge in [-0.05, 0) is 49.2 Å². The van der Waals surface area contributed by atoms with E-state index in [1.165, 1.54) is 17.4 Å². The Morgan fingerprint density at radius 3 is 2.56 bits per heavy atom. The van der Waals surface area contributed by atoms with E-state index in [0.717, 1.165) is 29.8 Å². The molecule has 0 spiro atoms. The summed E-state index contributed by atoms with van der Waals surface area (Å²) in [5.74, 6) is -0.340. The molecule has 2 N–H and O–H groups in total. The zero-order valence-corrected chi connectivity index (χ0v) is 19.2. The van der Waals surface area contributed by atoms with Crippen LogP contribution in [0.15, 0.2) is 54.6 Å². The third-order valence-corrected chi connectivity index (χ3v) is 6.79. The van der Waals surface area contributed by atoms with E-state index in [2.05, 4.69) is 5.32 Å². The summed E-state index contributed by atoms with van der Waals surface area (Å²) in [7, 11) is 0.